The molecule has 0 radical (unpaired) electrons. The van der Waals surface area contributed by atoms with Gasteiger partial charge in [-0.25, -0.2) is 9.97 Å². The number of fused-ring (bicyclic) bond motifs is 1. The van der Waals surface area contributed by atoms with Crippen LogP contribution in [0.25, 0.3) is 17.0 Å². The summed E-state index contributed by atoms with van der Waals surface area (Å²) in [4.78, 5) is 9.34. The van der Waals surface area contributed by atoms with Crippen LogP contribution in [0.15, 0.2) is 48.0 Å². The van der Waals surface area contributed by atoms with Crippen molar-refractivity contribution in [2.45, 2.75) is 6.92 Å². The SMILES string of the molecule is COc1ccc(Nc2nc(-c3c(C)nc4ccccn34)cs2)c(OC)c1. The van der Waals surface area contributed by atoms with Crippen molar-refractivity contribution in [2.75, 3.05) is 19.5 Å². The van der Waals surface area contributed by atoms with E-state index in [-0.39, 0.29) is 0 Å². The number of rotatable bonds is 5. The number of aromatic nitrogens is 3. The molecule has 4 aromatic rings. The van der Waals surface area contributed by atoms with Crippen molar-refractivity contribution < 1.29 is 9.47 Å². The van der Waals surface area contributed by atoms with Gasteiger partial charge < -0.3 is 14.8 Å². The predicted molar refractivity (Wildman–Crippen MR) is 104 cm³/mol. The minimum atomic E-state index is 0.701. The number of imidazole rings is 1. The Balaban J connectivity index is 1.68. The summed E-state index contributed by atoms with van der Waals surface area (Å²) in [6.45, 7) is 2.00. The molecule has 0 saturated heterocycles. The quantitative estimate of drug-likeness (QED) is 0.562. The Morgan fingerprint density at radius 1 is 1.08 bits per heavy atom. The first-order valence-electron chi connectivity index (χ1n) is 8.08. The third-order valence-corrected chi connectivity index (χ3v) is 4.86. The molecule has 7 heteroatoms. The number of methoxy groups -OCH3 is 2. The topological polar surface area (TPSA) is 60.7 Å². The number of hydrogen-bond acceptors (Lipinski definition) is 6. The molecule has 6 nitrogen and oxygen atoms in total. The second-order valence-corrected chi connectivity index (χ2v) is 6.56. The number of nitrogens with one attached hydrogen (secondary N) is 1. The highest BCUT2D eigenvalue weighted by Gasteiger charge is 2.15. The second kappa shape index (κ2) is 6.68. The molecular weight excluding hydrogens is 348 g/mol. The van der Waals surface area contributed by atoms with Crippen LogP contribution < -0.4 is 14.8 Å². The molecule has 0 saturated carbocycles. The summed E-state index contributed by atoms with van der Waals surface area (Å²) in [6, 6.07) is 11.6. The second-order valence-electron chi connectivity index (χ2n) is 5.70. The van der Waals surface area contributed by atoms with Crippen LogP contribution in [0.2, 0.25) is 0 Å². The molecule has 3 heterocycles. The van der Waals surface area contributed by atoms with Crippen molar-refractivity contribution in [1.29, 1.82) is 0 Å². The molecule has 0 atom stereocenters. The van der Waals surface area contributed by atoms with E-state index < -0.39 is 0 Å². The lowest BCUT2D eigenvalue weighted by atomic mass is 10.2. The Morgan fingerprint density at radius 3 is 2.77 bits per heavy atom. The maximum absolute atomic E-state index is 5.44. The summed E-state index contributed by atoms with van der Waals surface area (Å²) in [5.74, 6) is 1.45. The Kier molecular flexibility index (Phi) is 4.22. The fourth-order valence-corrected chi connectivity index (χ4v) is 3.59. The summed E-state index contributed by atoms with van der Waals surface area (Å²) < 4.78 is 12.7. The van der Waals surface area contributed by atoms with Crippen molar-refractivity contribution in [2.24, 2.45) is 0 Å². The monoisotopic (exact) mass is 366 g/mol. The Hall–Kier alpha value is -3.06. The van der Waals surface area contributed by atoms with Crippen LogP contribution in [0.1, 0.15) is 5.69 Å². The van der Waals surface area contributed by atoms with Crippen LogP contribution in [0, 0.1) is 6.92 Å². The van der Waals surface area contributed by atoms with E-state index in [1.54, 1.807) is 14.2 Å². The number of hydrogen-bond donors (Lipinski definition) is 1. The van der Waals surface area contributed by atoms with Crippen molar-refractivity contribution >= 4 is 27.8 Å². The molecule has 1 aromatic carbocycles. The van der Waals surface area contributed by atoms with E-state index in [4.69, 9.17) is 14.5 Å². The Morgan fingerprint density at radius 2 is 1.96 bits per heavy atom. The average Bonchev–Trinajstić information content (AvgIpc) is 3.24. The van der Waals surface area contributed by atoms with Gasteiger partial charge in [-0.2, -0.15) is 0 Å². The van der Waals surface area contributed by atoms with E-state index in [1.807, 2.05) is 54.9 Å². The molecule has 0 bridgehead atoms. The largest absolute Gasteiger partial charge is 0.497 e. The molecular formula is C19H18N4O2S. The smallest absolute Gasteiger partial charge is 0.187 e. The molecule has 1 N–H and O–H groups in total. The van der Waals surface area contributed by atoms with E-state index in [0.29, 0.717) is 5.75 Å². The number of nitrogens with zero attached hydrogens (tertiary/aromatic N) is 3. The summed E-state index contributed by atoms with van der Waals surface area (Å²) in [7, 11) is 3.27. The summed E-state index contributed by atoms with van der Waals surface area (Å²) in [5, 5.41) is 6.14. The molecule has 26 heavy (non-hydrogen) atoms. The van der Waals surface area contributed by atoms with E-state index in [2.05, 4.69) is 14.7 Å². The molecule has 3 aromatic heterocycles. The van der Waals surface area contributed by atoms with Crippen LogP contribution in [0.4, 0.5) is 10.8 Å². The van der Waals surface area contributed by atoms with Crippen LogP contribution in [-0.4, -0.2) is 28.6 Å². The van der Waals surface area contributed by atoms with Gasteiger partial charge >= 0.3 is 0 Å². The maximum Gasteiger partial charge on any atom is 0.187 e. The molecule has 0 unspecified atom stereocenters. The van der Waals surface area contributed by atoms with Crippen LogP contribution in [-0.2, 0) is 0 Å². The lowest BCUT2D eigenvalue weighted by Crippen LogP contribution is -1.95. The molecule has 0 amide bonds. The zero-order valence-corrected chi connectivity index (χ0v) is 15.5. The Labute approximate surface area is 155 Å². The Bertz CT molecular complexity index is 1070. The number of pyridine rings is 1. The van der Waals surface area contributed by atoms with Gasteiger partial charge in [0.05, 0.1) is 31.3 Å². The number of thiazole rings is 1. The lowest BCUT2D eigenvalue weighted by molar-refractivity contribution is 0.395. The third-order valence-electron chi connectivity index (χ3n) is 4.10. The van der Waals surface area contributed by atoms with Gasteiger partial charge in [0.1, 0.15) is 22.8 Å². The first-order chi connectivity index (χ1) is 12.7. The number of benzene rings is 1. The van der Waals surface area contributed by atoms with Crippen LogP contribution in [0.3, 0.4) is 0 Å². The van der Waals surface area contributed by atoms with Crippen molar-refractivity contribution in [3.63, 3.8) is 0 Å². The normalized spacial score (nSPS) is 10.9. The third kappa shape index (κ3) is 2.86. The zero-order chi connectivity index (χ0) is 18.1. The predicted octanol–water partition coefficient (Wildman–Crippen LogP) is 4.53. The summed E-state index contributed by atoms with van der Waals surface area (Å²) in [5.41, 5.74) is 4.60. The van der Waals surface area contributed by atoms with E-state index >= 15 is 0 Å². The highest BCUT2D eigenvalue weighted by atomic mass is 32.1. The van der Waals surface area contributed by atoms with Gasteiger partial charge in [-0.3, -0.25) is 4.40 Å². The van der Waals surface area contributed by atoms with Crippen molar-refractivity contribution in [3.05, 3.63) is 53.7 Å². The van der Waals surface area contributed by atoms with Gasteiger partial charge in [-0.1, -0.05) is 6.07 Å². The lowest BCUT2D eigenvalue weighted by Gasteiger charge is -2.10. The number of aryl methyl sites for hydroxylation is 1. The van der Waals surface area contributed by atoms with Crippen molar-refractivity contribution in [1.82, 2.24) is 14.4 Å². The van der Waals surface area contributed by atoms with E-state index in [9.17, 15) is 0 Å². The molecule has 0 aliphatic heterocycles. The highest BCUT2D eigenvalue weighted by molar-refractivity contribution is 7.14. The first-order valence-corrected chi connectivity index (χ1v) is 8.96. The molecule has 0 aliphatic carbocycles. The molecule has 0 fully saturated rings. The standard InChI is InChI=1S/C19H18N4O2S/c1-12-18(23-9-5-4-6-17(23)20-12)15-11-26-19(22-15)21-14-8-7-13(24-2)10-16(14)25-3/h4-11H,1-3H3,(H,21,22). The number of anilines is 2. The van der Waals surface area contributed by atoms with Crippen LogP contribution in [0.5, 0.6) is 11.5 Å². The zero-order valence-electron chi connectivity index (χ0n) is 14.7. The number of ether oxygens (including phenoxy) is 2. The molecule has 0 spiro atoms. The summed E-state index contributed by atoms with van der Waals surface area (Å²) >= 11 is 1.54. The minimum absolute atomic E-state index is 0.701. The minimum Gasteiger partial charge on any atom is -0.497 e. The van der Waals surface area contributed by atoms with Crippen molar-refractivity contribution in [3.8, 4) is 22.9 Å². The van der Waals surface area contributed by atoms with E-state index in [0.717, 1.165) is 39.3 Å². The van der Waals surface area contributed by atoms with Crippen LogP contribution >= 0.6 is 11.3 Å². The molecule has 4 rings (SSSR count). The van der Waals surface area contributed by atoms with E-state index in [1.165, 1.54) is 11.3 Å². The first kappa shape index (κ1) is 16.4. The average molecular weight is 366 g/mol. The van der Waals surface area contributed by atoms with Gasteiger partial charge in [-0.05, 0) is 31.2 Å². The fourth-order valence-electron chi connectivity index (χ4n) is 2.88. The molecule has 0 aliphatic rings. The summed E-state index contributed by atoms with van der Waals surface area (Å²) in [6.07, 6.45) is 2.00. The maximum atomic E-state index is 5.44. The highest BCUT2D eigenvalue weighted by Crippen LogP contribution is 2.34. The van der Waals surface area contributed by atoms with Gasteiger partial charge in [0.15, 0.2) is 5.13 Å². The van der Waals surface area contributed by atoms with Gasteiger partial charge in [0.25, 0.3) is 0 Å². The fraction of sp³-hybridized carbons (Fsp3) is 0.158. The van der Waals surface area contributed by atoms with Gasteiger partial charge in [0, 0.05) is 17.6 Å². The molecule has 132 valence electrons. The van der Waals surface area contributed by atoms with Gasteiger partial charge in [0.2, 0.25) is 0 Å². The van der Waals surface area contributed by atoms with Gasteiger partial charge in [-0.15, -0.1) is 11.3 Å².